The molecule has 1 unspecified atom stereocenters. The molecule has 3 heteroatoms. The molecule has 0 spiro atoms. The highest BCUT2D eigenvalue weighted by Gasteiger charge is 2.14. The Balaban J connectivity index is 2.25. The summed E-state index contributed by atoms with van der Waals surface area (Å²) < 4.78 is 18.2. The van der Waals surface area contributed by atoms with Gasteiger partial charge in [-0.1, -0.05) is 30.4 Å². The van der Waals surface area contributed by atoms with Crippen LogP contribution in [0.1, 0.15) is 26.2 Å². The van der Waals surface area contributed by atoms with Crippen LogP contribution >= 0.6 is 0 Å². The molecular formula is C15H18O2S. The fourth-order valence-corrected chi connectivity index (χ4v) is 3.21. The zero-order valence-electron chi connectivity index (χ0n) is 10.6. The minimum Gasteiger partial charge on any atom is -0.497 e. The summed E-state index contributed by atoms with van der Waals surface area (Å²) in [5.41, 5.74) is 0. The Morgan fingerprint density at radius 2 is 1.83 bits per heavy atom. The van der Waals surface area contributed by atoms with Crippen LogP contribution in [-0.4, -0.2) is 10.8 Å². The van der Waals surface area contributed by atoms with Crippen LogP contribution in [0, 0.1) is 0 Å². The molecule has 1 aliphatic rings. The molecule has 2 rings (SSSR count). The monoisotopic (exact) mass is 262 g/mol. The van der Waals surface area contributed by atoms with Gasteiger partial charge in [0.2, 0.25) is 0 Å². The van der Waals surface area contributed by atoms with E-state index < -0.39 is 10.8 Å². The van der Waals surface area contributed by atoms with Gasteiger partial charge in [-0.3, -0.25) is 0 Å². The molecule has 2 nitrogen and oxygen atoms in total. The molecule has 0 bridgehead atoms. The average Bonchev–Trinajstić information content (AvgIpc) is 2.51. The van der Waals surface area contributed by atoms with Gasteiger partial charge in [-0.2, -0.15) is 0 Å². The van der Waals surface area contributed by atoms with Crippen LogP contribution in [0.2, 0.25) is 0 Å². The van der Waals surface area contributed by atoms with Gasteiger partial charge in [-0.25, -0.2) is 4.21 Å². The summed E-state index contributed by atoms with van der Waals surface area (Å²) in [5.74, 6) is 0.820. The maximum Gasteiger partial charge on any atom is 0.105 e. The van der Waals surface area contributed by atoms with Crippen molar-refractivity contribution in [2.45, 2.75) is 31.1 Å². The average molecular weight is 262 g/mol. The lowest BCUT2D eigenvalue weighted by Gasteiger charge is -2.11. The number of hydrogen-bond donors (Lipinski definition) is 0. The van der Waals surface area contributed by atoms with E-state index in [1.54, 1.807) is 0 Å². The highest BCUT2D eigenvalue weighted by Crippen LogP contribution is 2.23. The molecule has 0 aliphatic carbocycles. The molecule has 0 radical (unpaired) electrons. The van der Waals surface area contributed by atoms with Gasteiger partial charge in [0.25, 0.3) is 0 Å². The first-order valence-electron chi connectivity index (χ1n) is 6.23. The maximum atomic E-state index is 12.5. The van der Waals surface area contributed by atoms with Crippen molar-refractivity contribution in [1.29, 1.82) is 0 Å². The molecule has 18 heavy (non-hydrogen) atoms. The fraction of sp³-hybridized carbons (Fsp3) is 0.333. The summed E-state index contributed by atoms with van der Waals surface area (Å²) in [5, 5.41) is 0. The first-order valence-corrected chi connectivity index (χ1v) is 7.38. The second kappa shape index (κ2) is 6.55. The molecule has 0 saturated carbocycles. The van der Waals surface area contributed by atoms with E-state index in [4.69, 9.17) is 4.74 Å². The van der Waals surface area contributed by atoms with E-state index in [0.717, 1.165) is 34.8 Å². The second-order valence-electron chi connectivity index (χ2n) is 4.21. The molecule has 1 atom stereocenters. The molecule has 0 aromatic heterocycles. The van der Waals surface area contributed by atoms with Crippen LogP contribution < -0.4 is 0 Å². The lowest BCUT2D eigenvalue weighted by atomic mass is 10.2. The fourth-order valence-electron chi connectivity index (χ4n) is 1.90. The van der Waals surface area contributed by atoms with Gasteiger partial charge in [-0.05, 0) is 38.3 Å². The van der Waals surface area contributed by atoms with Crippen LogP contribution in [0.5, 0.6) is 0 Å². The van der Waals surface area contributed by atoms with E-state index in [0.29, 0.717) is 6.61 Å². The third-order valence-corrected chi connectivity index (χ3v) is 4.52. The molecule has 96 valence electrons. The molecule has 1 aliphatic heterocycles. The summed E-state index contributed by atoms with van der Waals surface area (Å²) in [4.78, 5) is 1.76. The second-order valence-corrected chi connectivity index (χ2v) is 5.71. The summed E-state index contributed by atoms with van der Waals surface area (Å²) in [6.45, 7) is 2.58. The molecule has 1 aromatic carbocycles. The van der Waals surface area contributed by atoms with Gasteiger partial charge in [0, 0.05) is 4.90 Å². The number of benzene rings is 1. The molecular weight excluding hydrogens is 244 g/mol. The Morgan fingerprint density at radius 1 is 1.11 bits per heavy atom. The van der Waals surface area contributed by atoms with E-state index in [2.05, 4.69) is 12.2 Å². The number of allylic oxidation sites excluding steroid dienone is 3. The first-order chi connectivity index (χ1) is 8.79. The van der Waals surface area contributed by atoms with Crippen molar-refractivity contribution in [3.63, 3.8) is 0 Å². The molecule has 0 saturated heterocycles. The van der Waals surface area contributed by atoms with Crippen molar-refractivity contribution in [2.75, 3.05) is 6.61 Å². The topological polar surface area (TPSA) is 26.3 Å². The van der Waals surface area contributed by atoms with Crippen LogP contribution in [0.3, 0.4) is 0 Å². The van der Waals surface area contributed by atoms with Gasteiger partial charge >= 0.3 is 0 Å². The molecule has 0 amide bonds. The normalized spacial score (nSPS) is 24.3. The third-order valence-electron chi connectivity index (χ3n) is 2.88. The Morgan fingerprint density at radius 3 is 2.61 bits per heavy atom. The SMILES string of the molecule is C/C1=C(\S(=O)c2ccccc2)CC/C=C\CCO1. The van der Waals surface area contributed by atoms with E-state index in [1.807, 2.05) is 37.3 Å². The summed E-state index contributed by atoms with van der Waals surface area (Å²) in [6, 6.07) is 9.57. The van der Waals surface area contributed by atoms with Crippen molar-refractivity contribution in [2.24, 2.45) is 0 Å². The first kappa shape index (κ1) is 13.1. The Hall–Kier alpha value is -1.35. The lowest BCUT2D eigenvalue weighted by Crippen LogP contribution is -2.02. The molecule has 1 heterocycles. The van der Waals surface area contributed by atoms with Crippen LogP contribution in [-0.2, 0) is 15.5 Å². The van der Waals surface area contributed by atoms with Gasteiger partial charge in [0.1, 0.15) is 5.76 Å². The predicted molar refractivity (Wildman–Crippen MR) is 74.5 cm³/mol. The quantitative estimate of drug-likeness (QED) is 0.758. The van der Waals surface area contributed by atoms with E-state index in [9.17, 15) is 4.21 Å². The van der Waals surface area contributed by atoms with Crippen molar-refractivity contribution in [3.05, 3.63) is 53.1 Å². The Kier molecular flexibility index (Phi) is 4.76. The van der Waals surface area contributed by atoms with Gasteiger partial charge < -0.3 is 4.74 Å². The largest absolute Gasteiger partial charge is 0.497 e. The van der Waals surface area contributed by atoms with Crippen molar-refractivity contribution >= 4 is 10.8 Å². The predicted octanol–water partition coefficient (Wildman–Crippen LogP) is 3.78. The molecule has 0 fully saturated rings. The minimum absolute atomic E-state index is 0.665. The smallest absolute Gasteiger partial charge is 0.105 e. The van der Waals surface area contributed by atoms with Crippen molar-refractivity contribution in [1.82, 2.24) is 0 Å². The standard InChI is InChI=1S/C15H18O2S/c1-13-15(11-7-2-3-8-12-17-13)18(16)14-9-5-4-6-10-14/h2-6,9-10H,7-8,11-12H2,1H3/b3-2-,15-13+. The van der Waals surface area contributed by atoms with Gasteiger partial charge in [0.05, 0.1) is 22.3 Å². The van der Waals surface area contributed by atoms with E-state index in [-0.39, 0.29) is 0 Å². The number of rotatable bonds is 2. The van der Waals surface area contributed by atoms with Gasteiger partial charge in [0.15, 0.2) is 0 Å². The highest BCUT2D eigenvalue weighted by atomic mass is 32.2. The van der Waals surface area contributed by atoms with E-state index in [1.165, 1.54) is 0 Å². The zero-order valence-corrected chi connectivity index (χ0v) is 11.4. The summed E-state index contributed by atoms with van der Waals surface area (Å²) in [6.07, 6.45) is 6.91. The van der Waals surface area contributed by atoms with Crippen molar-refractivity contribution in [3.8, 4) is 0 Å². The molecule has 1 aromatic rings. The van der Waals surface area contributed by atoms with Crippen LogP contribution in [0.15, 0.2) is 58.0 Å². The van der Waals surface area contributed by atoms with Crippen LogP contribution in [0.25, 0.3) is 0 Å². The lowest BCUT2D eigenvalue weighted by molar-refractivity contribution is 0.218. The maximum absolute atomic E-state index is 12.5. The summed E-state index contributed by atoms with van der Waals surface area (Å²) in [7, 11) is -1.11. The third kappa shape index (κ3) is 3.33. The summed E-state index contributed by atoms with van der Waals surface area (Å²) >= 11 is 0. The number of ether oxygens (including phenoxy) is 1. The van der Waals surface area contributed by atoms with E-state index >= 15 is 0 Å². The Labute approximate surface area is 111 Å². The number of hydrogen-bond acceptors (Lipinski definition) is 2. The zero-order chi connectivity index (χ0) is 12.8. The Bertz CT molecular complexity index is 475. The van der Waals surface area contributed by atoms with Gasteiger partial charge in [-0.15, -0.1) is 0 Å². The van der Waals surface area contributed by atoms with Crippen LogP contribution in [0.4, 0.5) is 0 Å². The molecule has 0 N–H and O–H groups in total. The highest BCUT2D eigenvalue weighted by molar-refractivity contribution is 7.89. The van der Waals surface area contributed by atoms with Crippen molar-refractivity contribution < 1.29 is 8.95 Å². The minimum atomic E-state index is -1.11.